The van der Waals surface area contributed by atoms with Crippen molar-refractivity contribution in [2.45, 2.75) is 31.1 Å². The first-order valence-electron chi connectivity index (χ1n) is 7.94. The zero-order valence-corrected chi connectivity index (χ0v) is 13.8. The highest BCUT2D eigenvalue weighted by atomic mass is 19.4. The molecule has 1 aliphatic rings. The molecule has 1 aromatic carbocycles. The van der Waals surface area contributed by atoms with Crippen LogP contribution in [0.4, 0.5) is 33.3 Å². The molecule has 1 amide bonds. The second-order valence-corrected chi connectivity index (χ2v) is 6.30. The van der Waals surface area contributed by atoms with E-state index in [2.05, 4.69) is 15.6 Å². The fourth-order valence-electron chi connectivity index (χ4n) is 2.38. The lowest BCUT2D eigenvalue weighted by Crippen LogP contribution is -2.42. The van der Waals surface area contributed by atoms with E-state index < -0.39 is 40.5 Å². The fraction of sp³-hybridized carbons (Fsp3) is 0.294. The van der Waals surface area contributed by atoms with Gasteiger partial charge in [0.1, 0.15) is 11.6 Å². The summed E-state index contributed by atoms with van der Waals surface area (Å²) in [5, 5.41) is 4.85. The molecule has 1 fully saturated rings. The average molecular weight is 386 g/mol. The van der Waals surface area contributed by atoms with Gasteiger partial charge in [-0.1, -0.05) is 0 Å². The Morgan fingerprint density at radius 3 is 2.52 bits per heavy atom. The molecule has 0 spiro atoms. The van der Waals surface area contributed by atoms with Gasteiger partial charge in [0.05, 0.1) is 40.9 Å². The monoisotopic (exact) mass is 386 g/mol. The first kappa shape index (κ1) is 19.0. The van der Waals surface area contributed by atoms with Crippen LogP contribution in [0.25, 0.3) is 0 Å². The number of halogens is 5. The van der Waals surface area contributed by atoms with Crippen LogP contribution in [-0.2, 0) is 17.5 Å². The molecule has 1 aliphatic carbocycles. The smallest absolute Gasteiger partial charge is 0.354 e. The number of nitrogens with zero attached hydrogens (tertiary/aromatic N) is 1. The van der Waals surface area contributed by atoms with Gasteiger partial charge in [-0.3, -0.25) is 9.78 Å². The van der Waals surface area contributed by atoms with Gasteiger partial charge < -0.3 is 16.4 Å². The maximum Gasteiger partial charge on any atom is 0.418 e. The third-order valence-electron chi connectivity index (χ3n) is 4.14. The van der Waals surface area contributed by atoms with Crippen molar-refractivity contribution in [2.75, 3.05) is 5.32 Å². The Morgan fingerprint density at radius 1 is 1.22 bits per heavy atom. The predicted octanol–water partition coefficient (Wildman–Crippen LogP) is 3.23. The lowest BCUT2D eigenvalue weighted by molar-refractivity contribution is -0.137. The first-order chi connectivity index (χ1) is 12.6. The Balaban J connectivity index is 1.74. The number of hydrogen-bond acceptors (Lipinski definition) is 4. The zero-order valence-electron chi connectivity index (χ0n) is 13.8. The minimum absolute atomic E-state index is 0.0582. The highest BCUT2D eigenvalue weighted by molar-refractivity contribution is 5.88. The number of nitrogens with one attached hydrogen (secondary N) is 2. The van der Waals surface area contributed by atoms with Crippen molar-refractivity contribution in [2.24, 2.45) is 5.73 Å². The van der Waals surface area contributed by atoms with Gasteiger partial charge in [-0.05, 0) is 31.0 Å². The van der Waals surface area contributed by atoms with Gasteiger partial charge in [0.15, 0.2) is 0 Å². The number of benzene rings is 1. The third-order valence-corrected chi connectivity index (χ3v) is 4.14. The molecule has 0 atom stereocenters. The molecule has 3 rings (SSSR count). The Hall–Kier alpha value is -2.75. The Bertz CT molecular complexity index is 880. The molecule has 2 aromatic rings. The molecule has 0 radical (unpaired) electrons. The van der Waals surface area contributed by atoms with Crippen LogP contribution in [0.5, 0.6) is 0 Å². The minimum atomic E-state index is -4.79. The summed E-state index contributed by atoms with van der Waals surface area (Å²) < 4.78 is 66.3. The number of amides is 1. The Labute approximate surface area is 150 Å². The molecular formula is C17H15F5N4O. The van der Waals surface area contributed by atoms with E-state index in [1.807, 2.05) is 0 Å². The molecule has 4 N–H and O–H groups in total. The largest absolute Gasteiger partial charge is 0.418 e. The maximum absolute atomic E-state index is 14.1. The van der Waals surface area contributed by atoms with Crippen molar-refractivity contribution in [3.8, 4) is 0 Å². The molecule has 0 bridgehead atoms. The van der Waals surface area contributed by atoms with Gasteiger partial charge in [-0.15, -0.1) is 0 Å². The van der Waals surface area contributed by atoms with Gasteiger partial charge in [0, 0.05) is 6.07 Å². The lowest BCUT2D eigenvalue weighted by Gasteiger charge is -2.15. The summed E-state index contributed by atoms with van der Waals surface area (Å²) in [5.41, 5.74) is 2.99. The van der Waals surface area contributed by atoms with E-state index in [1.54, 1.807) is 0 Å². The fourth-order valence-corrected chi connectivity index (χ4v) is 2.38. The molecular weight excluding hydrogens is 371 g/mol. The van der Waals surface area contributed by atoms with Crippen LogP contribution in [0.2, 0.25) is 0 Å². The second kappa shape index (κ2) is 6.76. The highest BCUT2D eigenvalue weighted by Gasteiger charge is 2.45. The van der Waals surface area contributed by atoms with Gasteiger partial charge in [-0.2, -0.15) is 13.2 Å². The summed E-state index contributed by atoms with van der Waals surface area (Å²) in [4.78, 5) is 15.6. The molecule has 0 saturated heterocycles. The molecule has 27 heavy (non-hydrogen) atoms. The number of hydrogen-bond donors (Lipinski definition) is 3. The van der Waals surface area contributed by atoms with Crippen molar-refractivity contribution >= 4 is 17.3 Å². The number of alkyl halides is 3. The molecule has 5 nitrogen and oxygen atoms in total. The highest BCUT2D eigenvalue weighted by Crippen LogP contribution is 2.36. The number of carbonyl (C=O) groups is 1. The molecule has 1 aromatic heterocycles. The van der Waals surface area contributed by atoms with Crippen LogP contribution in [-0.4, -0.2) is 16.4 Å². The van der Waals surface area contributed by atoms with Crippen molar-refractivity contribution in [3.05, 3.63) is 53.4 Å². The van der Waals surface area contributed by atoms with Crippen LogP contribution in [0.3, 0.4) is 0 Å². The third kappa shape index (κ3) is 4.33. The van der Waals surface area contributed by atoms with Crippen LogP contribution in [0.15, 0.2) is 30.5 Å². The van der Waals surface area contributed by atoms with Crippen LogP contribution >= 0.6 is 0 Å². The molecule has 1 heterocycles. The summed E-state index contributed by atoms with van der Waals surface area (Å²) in [5.74, 6) is -2.28. The molecule has 144 valence electrons. The normalized spacial score (nSPS) is 15.3. The Morgan fingerprint density at radius 2 is 1.93 bits per heavy atom. The second-order valence-electron chi connectivity index (χ2n) is 6.30. The van der Waals surface area contributed by atoms with Gasteiger partial charge in [-0.25, -0.2) is 8.78 Å². The van der Waals surface area contributed by atoms with Gasteiger partial charge in [0.25, 0.3) is 0 Å². The number of rotatable bonds is 5. The molecule has 10 heteroatoms. The SMILES string of the molecule is NC1(C(=O)NCc2ncc(Nc3ccc(F)cc3C(F)(F)F)cc2F)CC1. The van der Waals surface area contributed by atoms with E-state index >= 15 is 0 Å². The van der Waals surface area contributed by atoms with Crippen LogP contribution in [0.1, 0.15) is 24.1 Å². The van der Waals surface area contributed by atoms with E-state index in [-0.39, 0.29) is 17.9 Å². The summed E-state index contributed by atoms with van der Waals surface area (Å²) in [6.45, 7) is -0.200. The van der Waals surface area contributed by atoms with E-state index in [9.17, 15) is 26.7 Å². The summed E-state index contributed by atoms with van der Waals surface area (Å²) >= 11 is 0. The van der Waals surface area contributed by atoms with E-state index in [0.717, 1.165) is 24.4 Å². The van der Waals surface area contributed by atoms with Gasteiger partial charge >= 0.3 is 6.18 Å². The number of carbonyl (C=O) groups excluding carboxylic acids is 1. The van der Waals surface area contributed by atoms with Crippen molar-refractivity contribution < 1.29 is 26.7 Å². The number of pyridine rings is 1. The predicted molar refractivity (Wildman–Crippen MR) is 86.9 cm³/mol. The number of aromatic nitrogens is 1. The van der Waals surface area contributed by atoms with Crippen molar-refractivity contribution in [3.63, 3.8) is 0 Å². The lowest BCUT2D eigenvalue weighted by atomic mass is 10.1. The zero-order chi connectivity index (χ0) is 19.8. The summed E-state index contributed by atoms with van der Waals surface area (Å²) in [7, 11) is 0. The van der Waals surface area contributed by atoms with Crippen LogP contribution < -0.4 is 16.4 Å². The standard InChI is InChI=1S/C17H15F5N4O/c18-9-1-2-13(11(5-9)17(20,21)22)26-10-6-12(19)14(24-7-10)8-25-15(27)16(23)3-4-16/h1-2,5-7,26H,3-4,8,23H2,(H,25,27). The quantitative estimate of drug-likeness (QED) is 0.690. The van der Waals surface area contributed by atoms with E-state index in [0.29, 0.717) is 18.9 Å². The van der Waals surface area contributed by atoms with Crippen LogP contribution in [0, 0.1) is 11.6 Å². The first-order valence-corrected chi connectivity index (χ1v) is 7.94. The minimum Gasteiger partial charge on any atom is -0.354 e. The van der Waals surface area contributed by atoms with Gasteiger partial charge in [0.2, 0.25) is 5.91 Å². The molecule has 1 saturated carbocycles. The molecule has 0 unspecified atom stereocenters. The Kier molecular flexibility index (Phi) is 4.77. The number of nitrogens with two attached hydrogens (primary N) is 1. The van der Waals surface area contributed by atoms with E-state index in [1.165, 1.54) is 0 Å². The maximum atomic E-state index is 14.1. The van der Waals surface area contributed by atoms with Crippen molar-refractivity contribution in [1.29, 1.82) is 0 Å². The van der Waals surface area contributed by atoms with E-state index in [4.69, 9.17) is 5.73 Å². The topological polar surface area (TPSA) is 80.0 Å². The van der Waals surface area contributed by atoms with Crippen molar-refractivity contribution in [1.82, 2.24) is 10.3 Å². The summed E-state index contributed by atoms with van der Waals surface area (Å²) in [6, 6.07) is 3.04. The number of anilines is 2. The molecule has 0 aliphatic heterocycles. The summed E-state index contributed by atoms with van der Waals surface area (Å²) in [6.07, 6.45) is -2.57. The average Bonchev–Trinajstić information content (AvgIpc) is 3.33.